The Morgan fingerprint density at radius 1 is 1.44 bits per heavy atom. The van der Waals surface area contributed by atoms with E-state index in [1.807, 2.05) is 0 Å². The van der Waals surface area contributed by atoms with Gasteiger partial charge in [-0.2, -0.15) is 0 Å². The van der Waals surface area contributed by atoms with Crippen LogP contribution in [0.3, 0.4) is 0 Å². The van der Waals surface area contributed by atoms with Crippen molar-refractivity contribution in [2.45, 2.75) is 26.4 Å². The second-order valence-corrected chi connectivity index (χ2v) is 4.90. The highest BCUT2D eigenvalue weighted by Gasteiger charge is 2.21. The van der Waals surface area contributed by atoms with Crippen molar-refractivity contribution in [1.82, 2.24) is 5.16 Å². The van der Waals surface area contributed by atoms with Crippen molar-refractivity contribution >= 4 is 22.7 Å². The zero-order valence-corrected chi connectivity index (χ0v) is 10.5. The zero-order chi connectivity index (χ0) is 13.3. The lowest BCUT2D eigenvalue weighted by Gasteiger charge is -2.24. The fraction of sp³-hybridized carbons (Fsp3) is 0.333. The standard InChI is InChI=1S/C12H15N3O3/c1-12(2,3)17-11(16)15(13)9-4-5-10-8(6-9)7-14-18-10/h4-7H,13H2,1-3H3. The topological polar surface area (TPSA) is 81.6 Å². The van der Waals surface area contributed by atoms with E-state index in [0.717, 1.165) is 10.4 Å². The Hall–Kier alpha value is -2.08. The van der Waals surface area contributed by atoms with Gasteiger partial charge in [-0.25, -0.2) is 15.6 Å². The first-order chi connectivity index (χ1) is 8.37. The van der Waals surface area contributed by atoms with Crippen LogP contribution in [-0.2, 0) is 4.74 Å². The first kappa shape index (κ1) is 12.4. The number of nitrogens with zero attached hydrogens (tertiary/aromatic N) is 2. The molecule has 0 bridgehead atoms. The molecule has 1 heterocycles. The van der Waals surface area contributed by atoms with Gasteiger partial charge in [-0.15, -0.1) is 0 Å². The molecule has 0 aliphatic carbocycles. The minimum Gasteiger partial charge on any atom is -0.442 e. The summed E-state index contributed by atoms with van der Waals surface area (Å²) in [4.78, 5) is 11.8. The van der Waals surface area contributed by atoms with Gasteiger partial charge in [-0.05, 0) is 39.0 Å². The van der Waals surface area contributed by atoms with Crippen LogP contribution in [0.4, 0.5) is 10.5 Å². The minimum atomic E-state index is -0.613. The maximum Gasteiger partial charge on any atom is 0.429 e. The molecular formula is C12H15N3O3. The average Bonchev–Trinajstić information content (AvgIpc) is 2.72. The third-order valence-corrected chi connectivity index (χ3v) is 2.20. The summed E-state index contributed by atoms with van der Waals surface area (Å²) in [7, 11) is 0. The number of rotatable bonds is 1. The summed E-state index contributed by atoms with van der Waals surface area (Å²) >= 11 is 0. The maximum absolute atomic E-state index is 11.8. The highest BCUT2D eigenvalue weighted by atomic mass is 16.6. The van der Waals surface area contributed by atoms with Crippen molar-refractivity contribution in [3.8, 4) is 0 Å². The summed E-state index contributed by atoms with van der Waals surface area (Å²) in [5, 5.41) is 5.38. The molecular weight excluding hydrogens is 234 g/mol. The number of ether oxygens (including phenoxy) is 1. The molecule has 1 aromatic heterocycles. The second-order valence-electron chi connectivity index (χ2n) is 4.90. The number of hydrazine groups is 1. The fourth-order valence-corrected chi connectivity index (χ4v) is 1.43. The highest BCUT2D eigenvalue weighted by molar-refractivity contribution is 5.90. The Labute approximate surface area is 104 Å². The van der Waals surface area contributed by atoms with Crippen LogP contribution in [0.15, 0.2) is 28.9 Å². The number of carbonyl (C=O) groups excluding carboxylic acids is 1. The van der Waals surface area contributed by atoms with Crippen molar-refractivity contribution in [3.63, 3.8) is 0 Å². The Bertz CT molecular complexity index is 571. The van der Waals surface area contributed by atoms with Gasteiger partial charge >= 0.3 is 6.09 Å². The number of aromatic nitrogens is 1. The van der Waals surface area contributed by atoms with Crippen LogP contribution in [0.5, 0.6) is 0 Å². The number of benzene rings is 1. The van der Waals surface area contributed by atoms with E-state index in [1.165, 1.54) is 0 Å². The van der Waals surface area contributed by atoms with Gasteiger partial charge in [-0.1, -0.05) is 5.16 Å². The summed E-state index contributed by atoms with van der Waals surface area (Å²) in [5.41, 5.74) is 0.562. The molecule has 2 aromatic rings. The predicted octanol–water partition coefficient (Wildman–Crippen LogP) is 2.44. The van der Waals surface area contributed by atoms with E-state index in [4.69, 9.17) is 15.1 Å². The molecule has 0 aliphatic heterocycles. The minimum absolute atomic E-state index is 0.514. The van der Waals surface area contributed by atoms with Gasteiger partial charge in [0.2, 0.25) is 0 Å². The van der Waals surface area contributed by atoms with Crippen molar-refractivity contribution in [2.24, 2.45) is 5.84 Å². The van der Waals surface area contributed by atoms with Crippen molar-refractivity contribution < 1.29 is 14.1 Å². The van der Waals surface area contributed by atoms with Crippen LogP contribution in [0, 0.1) is 0 Å². The first-order valence-corrected chi connectivity index (χ1v) is 5.49. The first-order valence-electron chi connectivity index (χ1n) is 5.49. The molecule has 2 rings (SSSR count). The van der Waals surface area contributed by atoms with Gasteiger partial charge < -0.3 is 9.26 Å². The van der Waals surface area contributed by atoms with E-state index in [1.54, 1.807) is 45.2 Å². The number of hydrogen-bond donors (Lipinski definition) is 1. The zero-order valence-electron chi connectivity index (χ0n) is 10.5. The normalized spacial score (nSPS) is 11.6. The van der Waals surface area contributed by atoms with Gasteiger partial charge in [0.05, 0.1) is 11.9 Å². The Morgan fingerprint density at radius 3 is 2.83 bits per heavy atom. The van der Waals surface area contributed by atoms with Gasteiger partial charge in [0.15, 0.2) is 5.58 Å². The molecule has 0 radical (unpaired) electrons. The van der Waals surface area contributed by atoms with E-state index in [9.17, 15) is 4.79 Å². The van der Waals surface area contributed by atoms with E-state index in [0.29, 0.717) is 11.3 Å². The molecule has 6 nitrogen and oxygen atoms in total. The maximum atomic E-state index is 11.8. The summed E-state index contributed by atoms with van der Waals surface area (Å²) in [5.74, 6) is 5.71. The summed E-state index contributed by atoms with van der Waals surface area (Å²) < 4.78 is 10.1. The lowest BCUT2D eigenvalue weighted by molar-refractivity contribution is 0.0580. The molecule has 18 heavy (non-hydrogen) atoms. The number of nitrogens with two attached hydrogens (primary N) is 1. The largest absolute Gasteiger partial charge is 0.442 e. The van der Waals surface area contributed by atoms with Gasteiger partial charge in [0, 0.05) is 5.39 Å². The fourth-order valence-electron chi connectivity index (χ4n) is 1.43. The van der Waals surface area contributed by atoms with E-state index < -0.39 is 11.7 Å². The summed E-state index contributed by atoms with van der Waals surface area (Å²) in [6.45, 7) is 5.34. The highest BCUT2D eigenvalue weighted by Crippen LogP contribution is 2.21. The quantitative estimate of drug-likeness (QED) is 0.477. The molecule has 96 valence electrons. The monoisotopic (exact) mass is 249 g/mol. The molecule has 0 saturated carbocycles. The van der Waals surface area contributed by atoms with Crippen molar-refractivity contribution in [1.29, 1.82) is 0 Å². The molecule has 0 saturated heterocycles. The smallest absolute Gasteiger partial charge is 0.429 e. The Balaban J connectivity index is 2.22. The Morgan fingerprint density at radius 2 is 2.17 bits per heavy atom. The van der Waals surface area contributed by atoms with Crippen LogP contribution >= 0.6 is 0 Å². The van der Waals surface area contributed by atoms with E-state index in [-0.39, 0.29) is 0 Å². The molecule has 1 amide bonds. The lowest BCUT2D eigenvalue weighted by atomic mass is 10.2. The molecule has 0 unspecified atom stereocenters. The number of carbonyl (C=O) groups is 1. The van der Waals surface area contributed by atoms with Gasteiger partial charge in [0.25, 0.3) is 0 Å². The van der Waals surface area contributed by atoms with E-state index in [2.05, 4.69) is 5.16 Å². The molecule has 0 aliphatic rings. The van der Waals surface area contributed by atoms with E-state index >= 15 is 0 Å². The number of fused-ring (bicyclic) bond motifs is 1. The number of hydrogen-bond acceptors (Lipinski definition) is 5. The van der Waals surface area contributed by atoms with Gasteiger partial charge in [-0.3, -0.25) is 0 Å². The SMILES string of the molecule is CC(C)(C)OC(=O)N(N)c1ccc2oncc2c1. The summed E-state index contributed by atoms with van der Waals surface area (Å²) in [6, 6.07) is 5.06. The van der Waals surface area contributed by atoms with Crippen LogP contribution < -0.4 is 10.9 Å². The van der Waals surface area contributed by atoms with Crippen molar-refractivity contribution in [2.75, 3.05) is 5.01 Å². The van der Waals surface area contributed by atoms with Crippen LogP contribution in [0.25, 0.3) is 11.0 Å². The van der Waals surface area contributed by atoms with Gasteiger partial charge in [0.1, 0.15) is 5.60 Å². The van der Waals surface area contributed by atoms with Crippen molar-refractivity contribution in [3.05, 3.63) is 24.4 Å². The third kappa shape index (κ3) is 2.60. The number of amides is 1. The second kappa shape index (κ2) is 4.30. The van der Waals surface area contributed by atoms with Crippen LogP contribution in [0.1, 0.15) is 20.8 Å². The van der Waals surface area contributed by atoms with Crippen LogP contribution in [-0.4, -0.2) is 16.9 Å². The third-order valence-electron chi connectivity index (χ3n) is 2.20. The van der Waals surface area contributed by atoms with Crippen LogP contribution in [0.2, 0.25) is 0 Å². The molecule has 0 atom stereocenters. The number of anilines is 1. The molecule has 1 aromatic carbocycles. The Kier molecular flexibility index (Phi) is 2.96. The predicted molar refractivity (Wildman–Crippen MR) is 66.9 cm³/mol. The summed E-state index contributed by atoms with van der Waals surface area (Å²) in [6.07, 6.45) is 0.945. The average molecular weight is 249 g/mol. The lowest BCUT2D eigenvalue weighted by Crippen LogP contribution is -2.41. The molecule has 6 heteroatoms. The molecule has 0 fully saturated rings. The molecule has 2 N–H and O–H groups in total. The molecule has 0 spiro atoms.